The summed E-state index contributed by atoms with van der Waals surface area (Å²) in [5.41, 5.74) is 1.84. The normalized spacial score (nSPS) is 12.2. The fourth-order valence-corrected chi connectivity index (χ4v) is 2.02. The number of aliphatic hydroxyl groups excluding tert-OH is 1. The van der Waals surface area contributed by atoms with Gasteiger partial charge in [-0.15, -0.1) is 0 Å². The number of hydrogen-bond acceptors (Lipinski definition) is 2. The van der Waals surface area contributed by atoms with Crippen molar-refractivity contribution in [3.63, 3.8) is 0 Å². The van der Waals surface area contributed by atoms with Crippen LogP contribution in [-0.4, -0.2) is 12.2 Å². The first-order chi connectivity index (χ1) is 8.70. The molecule has 2 aromatic rings. The molecule has 0 amide bonds. The first-order valence-electron chi connectivity index (χ1n) is 5.76. The van der Waals surface area contributed by atoms with E-state index in [9.17, 15) is 5.11 Å². The van der Waals surface area contributed by atoms with E-state index in [1.54, 1.807) is 7.11 Å². The maximum atomic E-state index is 10.2. The van der Waals surface area contributed by atoms with E-state index >= 15 is 0 Å². The fraction of sp³-hybridized carbons (Fsp3) is 0.200. The monoisotopic (exact) mass is 262 g/mol. The lowest BCUT2D eigenvalue weighted by Crippen LogP contribution is -2.03. The van der Waals surface area contributed by atoms with Gasteiger partial charge in [-0.3, -0.25) is 0 Å². The minimum absolute atomic E-state index is 0.539. The summed E-state index contributed by atoms with van der Waals surface area (Å²) in [7, 11) is 1.61. The number of ether oxygens (including phenoxy) is 1. The zero-order chi connectivity index (χ0) is 13.0. The SMILES string of the molecule is COc1ccccc1C(O)Cc1ccc(Cl)cc1. The third-order valence-corrected chi connectivity index (χ3v) is 3.09. The maximum Gasteiger partial charge on any atom is 0.124 e. The Hall–Kier alpha value is -1.51. The average Bonchev–Trinajstić information content (AvgIpc) is 2.41. The number of rotatable bonds is 4. The first kappa shape index (κ1) is 12.9. The van der Waals surface area contributed by atoms with Crippen LogP contribution in [0.15, 0.2) is 48.5 Å². The van der Waals surface area contributed by atoms with Crippen LogP contribution < -0.4 is 4.74 Å². The Balaban J connectivity index is 2.16. The number of benzene rings is 2. The summed E-state index contributed by atoms with van der Waals surface area (Å²) in [5.74, 6) is 0.707. The topological polar surface area (TPSA) is 29.5 Å². The van der Waals surface area contributed by atoms with E-state index in [1.807, 2.05) is 48.5 Å². The summed E-state index contributed by atoms with van der Waals surface area (Å²) >= 11 is 5.83. The van der Waals surface area contributed by atoms with Crippen LogP contribution >= 0.6 is 11.6 Å². The van der Waals surface area contributed by atoms with Gasteiger partial charge in [-0.1, -0.05) is 41.9 Å². The Kier molecular flexibility index (Phi) is 4.24. The van der Waals surface area contributed by atoms with Gasteiger partial charge in [0, 0.05) is 17.0 Å². The van der Waals surface area contributed by atoms with Gasteiger partial charge in [0.05, 0.1) is 13.2 Å². The summed E-state index contributed by atoms with van der Waals surface area (Å²) in [4.78, 5) is 0. The second-order valence-electron chi connectivity index (χ2n) is 4.09. The summed E-state index contributed by atoms with van der Waals surface area (Å²) in [6, 6.07) is 15.0. The van der Waals surface area contributed by atoms with Gasteiger partial charge in [0.1, 0.15) is 5.75 Å². The van der Waals surface area contributed by atoms with Crippen molar-refractivity contribution in [2.45, 2.75) is 12.5 Å². The molecule has 1 atom stereocenters. The van der Waals surface area contributed by atoms with E-state index in [1.165, 1.54) is 0 Å². The van der Waals surface area contributed by atoms with Crippen LogP contribution in [0.4, 0.5) is 0 Å². The van der Waals surface area contributed by atoms with Crippen molar-refractivity contribution >= 4 is 11.6 Å². The summed E-state index contributed by atoms with van der Waals surface area (Å²) in [6.07, 6.45) is -0.0420. The molecular formula is C15H15ClO2. The van der Waals surface area contributed by atoms with Crippen LogP contribution in [0.25, 0.3) is 0 Å². The molecule has 1 N–H and O–H groups in total. The third-order valence-electron chi connectivity index (χ3n) is 2.84. The maximum absolute atomic E-state index is 10.2. The third kappa shape index (κ3) is 3.03. The highest BCUT2D eigenvalue weighted by Gasteiger charge is 2.13. The largest absolute Gasteiger partial charge is 0.496 e. The molecule has 0 aliphatic heterocycles. The van der Waals surface area contributed by atoms with E-state index in [0.717, 1.165) is 11.1 Å². The van der Waals surface area contributed by atoms with Crippen LogP contribution in [-0.2, 0) is 6.42 Å². The van der Waals surface area contributed by atoms with Crippen LogP contribution in [0.3, 0.4) is 0 Å². The molecule has 0 radical (unpaired) electrons. The Morgan fingerprint density at radius 1 is 1.11 bits per heavy atom. The quantitative estimate of drug-likeness (QED) is 0.912. The van der Waals surface area contributed by atoms with Crippen molar-refractivity contribution in [2.24, 2.45) is 0 Å². The Morgan fingerprint density at radius 3 is 2.44 bits per heavy atom. The lowest BCUT2D eigenvalue weighted by molar-refractivity contribution is 0.174. The van der Waals surface area contributed by atoms with Crippen molar-refractivity contribution < 1.29 is 9.84 Å². The molecule has 0 saturated carbocycles. The minimum Gasteiger partial charge on any atom is -0.496 e. The molecule has 2 aromatic carbocycles. The highest BCUT2D eigenvalue weighted by Crippen LogP contribution is 2.27. The minimum atomic E-state index is -0.581. The predicted octanol–water partition coefficient (Wildman–Crippen LogP) is 3.62. The Labute approximate surface area is 112 Å². The van der Waals surface area contributed by atoms with Crippen molar-refractivity contribution in [1.29, 1.82) is 0 Å². The van der Waals surface area contributed by atoms with Crippen molar-refractivity contribution in [2.75, 3.05) is 7.11 Å². The molecule has 2 nitrogen and oxygen atoms in total. The Morgan fingerprint density at radius 2 is 1.78 bits per heavy atom. The number of hydrogen-bond donors (Lipinski definition) is 1. The van der Waals surface area contributed by atoms with Crippen molar-refractivity contribution in [3.05, 3.63) is 64.7 Å². The van der Waals surface area contributed by atoms with Crippen molar-refractivity contribution in [3.8, 4) is 5.75 Å². The standard InChI is InChI=1S/C15H15ClO2/c1-18-15-5-3-2-4-13(15)14(17)10-11-6-8-12(16)9-7-11/h2-9,14,17H,10H2,1H3. The van der Waals surface area contributed by atoms with Crippen LogP contribution in [0.1, 0.15) is 17.2 Å². The first-order valence-corrected chi connectivity index (χ1v) is 6.14. The smallest absolute Gasteiger partial charge is 0.124 e. The number of halogens is 1. The van der Waals surface area contributed by atoms with Gasteiger partial charge in [0.2, 0.25) is 0 Å². The van der Waals surface area contributed by atoms with E-state index in [4.69, 9.17) is 16.3 Å². The second-order valence-corrected chi connectivity index (χ2v) is 4.52. The van der Waals surface area contributed by atoms with Gasteiger partial charge in [-0.25, -0.2) is 0 Å². The molecule has 0 aliphatic carbocycles. The predicted molar refractivity (Wildman–Crippen MR) is 73.1 cm³/mol. The van der Waals surface area contributed by atoms with Gasteiger partial charge < -0.3 is 9.84 Å². The number of para-hydroxylation sites is 1. The average molecular weight is 263 g/mol. The molecule has 94 valence electrons. The Bertz CT molecular complexity index is 508. The highest BCUT2D eigenvalue weighted by atomic mass is 35.5. The van der Waals surface area contributed by atoms with Gasteiger partial charge in [-0.05, 0) is 23.8 Å². The molecule has 0 bridgehead atoms. The lowest BCUT2D eigenvalue weighted by Gasteiger charge is -2.14. The van der Waals surface area contributed by atoms with Gasteiger partial charge in [-0.2, -0.15) is 0 Å². The summed E-state index contributed by atoms with van der Waals surface area (Å²) in [6.45, 7) is 0. The molecule has 0 aromatic heterocycles. The number of methoxy groups -OCH3 is 1. The van der Waals surface area contributed by atoms with Gasteiger partial charge >= 0.3 is 0 Å². The van der Waals surface area contributed by atoms with Gasteiger partial charge in [0.15, 0.2) is 0 Å². The molecule has 1 unspecified atom stereocenters. The molecule has 0 saturated heterocycles. The van der Waals surface area contributed by atoms with E-state index in [2.05, 4.69) is 0 Å². The highest BCUT2D eigenvalue weighted by molar-refractivity contribution is 6.30. The fourth-order valence-electron chi connectivity index (χ4n) is 1.90. The lowest BCUT2D eigenvalue weighted by atomic mass is 10.0. The molecule has 3 heteroatoms. The molecule has 0 fully saturated rings. The van der Waals surface area contributed by atoms with Crippen LogP contribution in [0.5, 0.6) is 5.75 Å². The zero-order valence-electron chi connectivity index (χ0n) is 10.1. The summed E-state index contributed by atoms with van der Waals surface area (Å²) < 4.78 is 5.24. The van der Waals surface area contributed by atoms with E-state index in [0.29, 0.717) is 17.2 Å². The molecule has 0 spiro atoms. The molecule has 2 rings (SSSR count). The molecule has 0 heterocycles. The number of aliphatic hydroxyl groups is 1. The molecule has 0 aliphatic rings. The van der Waals surface area contributed by atoms with Gasteiger partial charge in [0.25, 0.3) is 0 Å². The zero-order valence-corrected chi connectivity index (χ0v) is 10.9. The van der Waals surface area contributed by atoms with Crippen LogP contribution in [0, 0.1) is 0 Å². The van der Waals surface area contributed by atoms with E-state index < -0.39 is 6.10 Å². The summed E-state index contributed by atoms with van der Waals surface area (Å²) in [5, 5.41) is 10.9. The van der Waals surface area contributed by atoms with E-state index in [-0.39, 0.29) is 0 Å². The second kappa shape index (κ2) is 5.89. The van der Waals surface area contributed by atoms with Crippen molar-refractivity contribution in [1.82, 2.24) is 0 Å². The van der Waals surface area contributed by atoms with Crippen LogP contribution in [0.2, 0.25) is 5.02 Å². The molecule has 18 heavy (non-hydrogen) atoms. The molecular weight excluding hydrogens is 248 g/mol.